The van der Waals surface area contributed by atoms with Crippen molar-refractivity contribution >= 4 is 53.3 Å². The van der Waals surface area contributed by atoms with Crippen molar-refractivity contribution in [2.75, 3.05) is 163 Å². The molecule has 8 fully saturated rings. The number of ether oxygens (including phenoxy) is 5. The first-order valence-electron chi connectivity index (χ1n) is 55.6. The number of hydrogen-bond acceptors (Lipinski definition) is 18. The molecule has 2 spiro atoms. The number of likely N-dealkylation sites (tertiary alicyclic amines) is 6. The smallest absolute Gasteiger partial charge is 0.409 e. The van der Waals surface area contributed by atoms with E-state index >= 15 is 0 Å². The van der Waals surface area contributed by atoms with E-state index in [0.717, 1.165) is 168 Å². The number of piperazine rings is 2. The van der Waals surface area contributed by atoms with Gasteiger partial charge in [-0.15, -0.1) is 0 Å². The Kier molecular flexibility index (Phi) is 51.2. The van der Waals surface area contributed by atoms with E-state index in [1.807, 2.05) is 162 Å². The molecule has 0 aromatic carbocycles. The predicted molar refractivity (Wildman–Crippen MR) is 601 cm³/mol. The van der Waals surface area contributed by atoms with Gasteiger partial charge in [-0.3, -0.25) is 58.3 Å². The maximum Gasteiger partial charge on any atom is 0.409 e. The highest BCUT2D eigenvalue weighted by molar-refractivity contribution is 5.90. The van der Waals surface area contributed by atoms with Gasteiger partial charge in [-0.1, -0.05) is 145 Å². The van der Waals surface area contributed by atoms with Gasteiger partial charge >= 0.3 is 6.09 Å². The van der Waals surface area contributed by atoms with Crippen molar-refractivity contribution in [1.82, 2.24) is 64.5 Å². The molecule has 8 saturated heterocycles. The van der Waals surface area contributed by atoms with Gasteiger partial charge in [0.15, 0.2) is 5.82 Å². The molecule has 145 heavy (non-hydrogen) atoms. The van der Waals surface area contributed by atoms with Gasteiger partial charge in [-0.05, 0) is 334 Å². The third kappa shape index (κ3) is 57.1. The van der Waals surface area contributed by atoms with E-state index in [4.69, 9.17) is 23.7 Å². The summed E-state index contributed by atoms with van der Waals surface area (Å²) in [5, 5.41) is 12.8. The molecule has 8 aliphatic heterocycles. The minimum atomic E-state index is -0.360. The molecule has 3 N–H and O–H groups in total. The number of aromatic amines is 1. The van der Waals surface area contributed by atoms with Crippen LogP contribution < -0.4 is 10.6 Å². The summed E-state index contributed by atoms with van der Waals surface area (Å²) in [5.41, 5.74) is 2.68. The Labute approximate surface area is 888 Å². The number of piperidine rings is 4. The first-order valence-corrected chi connectivity index (χ1v) is 55.6. The van der Waals surface area contributed by atoms with E-state index in [1.54, 1.807) is 0 Å². The van der Waals surface area contributed by atoms with E-state index in [9.17, 15) is 38.4 Å². The van der Waals surface area contributed by atoms with Crippen LogP contribution in [0.4, 0.5) is 10.6 Å². The summed E-state index contributed by atoms with van der Waals surface area (Å²) in [6.45, 7) is 124. The number of amides is 8. The number of hydrogen-bond donors (Lipinski definition) is 3. The lowest BCUT2D eigenvalue weighted by atomic mass is 9.71. The fourth-order valence-electron chi connectivity index (χ4n) is 18.6. The van der Waals surface area contributed by atoms with Crippen LogP contribution in [-0.2, 0) is 62.7 Å². The summed E-state index contributed by atoms with van der Waals surface area (Å²) in [6, 6.07) is 1.89. The van der Waals surface area contributed by atoms with Gasteiger partial charge in [0.1, 0.15) is 25.9 Å². The third-order valence-electron chi connectivity index (χ3n) is 27.9. The van der Waals surface area contributed by atoms with E-state index in [0.29, 0.717) is 65.2 Å². The van der Waals surface area contributed by atoms with Crippen LogP contribution in [0.25, 0.3) is 0 Å². The van der Waals surface area contributed by atoms with Crippen molar-refractivity contribution in [2.45, 2.75) is 484 Å². The number of anilines is 1. The Balaban J connectivity index is 0.000000563. The number of nitrogens with one attached hydrogen (secondary N) is 3. The van der Waals surface area contributed by atoms with Crippen molar-refractivity contribution in [3.63, 3.8) is 0 Å². The molecule has 1 atom stereocenters. The zero-order chi connectivity index (χ0) is 113. The van der Waals surface area contributed by atoms with E-state index in [-0.39, 0.29) is 145 Å². The fourth-order valence-corrected chi connectivity index (χ4v) is 18.6. The number of carbonyl (C=O) groups is 8. The Morgan fingerprint density at radius 3 is 1.03 bits per heavy atom. The van der Waals surface area contributed by atoms with Gasteiger partial charge in [0.25, 0.3) is 5.91 Å². The highest BCUT2D eigenvalue weighted by Crippen LogP contribution is 2.45. The SMILES string of the molecule is CC(C)(C)CC(=O)NC(C)(C)C.CC(C)(C)CC(=O)Nc1cc(C(C)(C)C)[nH]n1.CC(C)(C)CCC(=O)N1CCC(C(C)(C)C)CC1.CC(C)(C)COC(=O)N1CCC(C(C)(C)C)CC1.CC(C)(C)OCC(=O)N1CC2(CCN(C(C)(C)C)CC2)C1.CC(C)(C)OCC(=O)N1CCC2(CCN(C(C)(C)C)CC2)C1.CC(C)(C)OCC(=O)N1CCN(C(C)(C)C)CC1.CC(OC(C)(C)C)C(=O)N1CCN(C(C)(C)C)CC1. The van der Waals surface area contributed by atoms with Gasteiger partial charge in [0.05, 0.1) is 29.0 Å². The molecular formula is C118H228N14O13. The Bertz CT molecular complexity index is 3840. The van der Waals surface area contributed by atoms with Crippen molar-refractivity contribution in [3.8, 4) is 0 Å². The molecule has 1 unspecified atom stereocenters. The van der Waals surface area contributed by atoms with Crippen LogP contribution in [-0.4, -0.2) is 320 Å². The maximum absolute atomic E-state index is 12.3. The summed E-state index contributed by atoms with van der Waals surface area (Å²) < 4.78 is 27.9. The second kappa shape index (κ2) is 54.8. The van der Waals surface area contributed by atoms with Crippen LogP contribution in [0.2, 0.25) is 0 Å². The van der Waals surface area contributed by atoms with Crippen LogP contribution in [0.15, 0.2) is 6.07 Å². The number of rotatable bonds is 14. The molecular weight excluding hydrogens is 1820 g/mol. The Morgan fingerprint density at radius 2 is 0.697 bits per heavy atom. The molecule has 0 aliphatic carbocycles. The Morgan fingerprint density at radius 1 is 0.366 bits per heavy atom. The lowest BCUT2D eigenvalue weighted by Crippen LogP contribution is -2.63. The molecule has 27 heteroatoms. The topological polar surface area (TPSA) is 268 Å². The van der Waals surface area contributed by atoms with Crippen LogP contribution in [0.3, 0.4) is 0 Å². The van der Waals surface area contributed by atoms with Crippen molar-refractivity contribution < 1.29 is 62.0 Å². The van der Waals surface area contributed by atoms with E-state index in [2.05, 4.69) is 253 Å². The number of nitrogens with zero attached hydrogens (tertiary/aromatic N) is 11. The molecule has 1 aromatic heterocycles. The molecule has 0 radical (unpaired) electrons. The van der Waals surface area contributed by atoms with Crippen LogP contribution >= 0.6 is 0 Å². The van der Waals surface area contributed by atoms with Gasteiger partial charge in [-0.25, -0.2) is 4.79 Å². The van der Waals surface area contributed by atoms with Gasteiger partial charge in [0, 0.05) is 174 Å². The van der Waals surface area contributed by atoms with Crippen molar-refractivity contribution in [1.29, 1.82) is 0 Å². The highest BCUT2D eigenvalue weighted by atomic mass is 16.6. The average molecular weight is 2050 g/mol. The lowest BCUT2D eigenvalue weighted by molar-refractivity contribution is -0.157. The number of H-pyrrole nitrogens is 1. The molecule has 1 aromatic rings. The summed E-state index contributed by atoms with van der Waals surface area (Å²) in [6.07, 6.45) is 12.8. The summed E-state index contributed by atoms with van der Waals surface area (Å²) in [5.74, 6) is 3.11. The first-order chi connectivity index (χ1) is 65.0. The molecule has 8 amide bonds. The summed E-state index contributed by atoms with van der Waals surface area (Å²) in [7, 11) is 0. The third-order valence-corrected chi connectivity index (χ3v) is 27.9. The summed E-state index contributed by atoms with van der Waals surface area (Å²) in [4.78, 5) is 118. The summed E-state index contributed by atoms with van der Waals surface area (Å²) >= 11 is 0. The monoisotopic (exact) mass is 2050 g/mol. The first kappa shape index (κ1) is 136. The normalized spacial score (nSPS) is 19.2. The quantitative estimate of drug-likeness (QED) is 0.156. The average Bonchev–Trinajstić information content (AvgIpc) is 1.42. The van der Waals surface area contributed by atoms with E-state index in [1.165, 1.54) is 38.5 Å². The molecule has 848 valence electrons. The predicted octanol–water partition coefficient (Wildman–Crippen LogP) is 22.8. The van der Waals surface area contributed by atoms with Crippen molar-refractivity contribution in [3.05, 3.63) is 11.8 Å². The zero-order valence-corrected chi connectivity index (χ0v) is 103. The largest absolute Gasteiger partial charge is 0.449 e. The Hall–Kier alpha value is -5.55. The molecule has 27 nitrogen and oxygen atoms in total. The second-order valence-corrected chi connectivity index (χ2v) is 60.3. The standard InChI is InChI=1S/C18H34N2O2.C17H32N2O2.C16H31NO.C15H30N2O2.C15H29NO2.C14H28N2O2.C13H23N3O.C10H21NO/c1-16(2,3)20-11-8-18(9-12-20)7-10-19(14-18)15(21)13-22-17(4,5)6;1-15(2,3)19-9-7-17(8-10-19)12-18(13-17)14(20)11-21-16(4,5)6;1-15(2,3)10-7-14(18)17-11-8-13(9-12-17)16(4,5)6;1-12(19-15(5,6)7)13(18)16-8-10-17(11-9-16)14(2,3)4;1-14(2,3)11-18-13(17)16-9-7-12(8-10-16)15(4,5)6;1-13(2,3)16-9-7-15(8-10-16)12(17)11-18-14(4,5)6;1-12(2,3)8-11(17)14-10-7-9(15-16-10)13(4,5)6;1-9(2,3)7-8(12)11-10(4,5)6/h7-14H2,1-6H3;7-13H2,1-6H3;13H,7-12H2,1-6H3;12H,8-11H2,1-7H3;12H,7-11H2,1-6H3;7-11H2,1-6H3;7H,8H2,1-6H3,(H2,14,15,16,17);7H2,1-6H3,(H,11,12). The number of aromatic nitrogens is 2. The van der Waals surface area contributed by atoms with Gasteiger partial charge in [0.2, 0.25) is 35.4 Å². The minimum Gasteiger partial charge on any atom is -0.449 e. The second-order valence-electron chi connectivity index (χ2n) is 60.3. The lowest BCUT2D eigenvalue weighted by Gasteiger charge is -2.55. The van der Waals surface area contributed by atoms with Crippen LogP contribution in [0.1, 0.15) is 428 Å². The number of carbonyl (C=O) groups excluding carboxylic acids is 8. The molecule has 0 saturated carbocycles. The fraction of sp³-hybridized carbons (Fsp3) is 0.907. The van der Waals surface area contributed by atoms with Gasteiger partial charge < -0.3 is 63.7 Å². The molecule has 0 bridgehead atoms. The minimum absolute atomic E-state index is 0.00413. The maximum atomic E-state index is 12.3. The van der Waals surface area contributed by atoms with Crippen LogP contribution in [0.5, 0.6) is 0 Å². The molecule has 9 heterocycles. The zero-order valence-electron chi connectivity index (χ0n) is 103. The van der Waals surface area contributed by atoms with E-state index < -0.39 is 0 Å². The molecule has 9 rings (SSSR count). The van der Waals surface area contributed by atoms with Crippen LogP contribution in [0, 0.1) is 55.2 Å². The molecule has 8 aliphatic rings. The highest BCUT2D eigenvalue weighted by Gasteiger charge is 2.49. The van der Waals surface area contributed by atoms with Crippen molar-refractivity contribution in [2.24, 2.45) is 55.2 Å². The van der Waals surface area contributed by atoms with Gasteiger partial charge in [-0.2, -0.15) is 5.10 Å².